The minimum absolute atomic E-state index is 0.310. The van der Waals surface area contributed by atoms with Crippen molar-refractivity contribution < 1.29 is 9.53 Å². The SMILES string of the molecule is CCCCCCCOc1c(Cl)cc(C(=O)Nc2nnc(SC/C=C/c3ccccc3)s2)cc1Cl. The smallest absolute Gasteiger partial charge is 0.257 e. The van der Waals surface area contributed by atoms with E-state index in [2.05, 4.69) is 34.6 Å². The highest BCUT2D eigenvalue weighted by atomic mass is 35.5. The van der Waals surface area contributed by atoms with Crippen LogP contribution in [0.25, 0.3) is 6.08 Å². The highest BCUT2D eigenvalue weighted by Gasteiger charge is 2.16. The molecule has 1 heterocycles. The first-order valence-electron chi connectivity index (χ1n) is 11.2. The number of carbonyl (C=O) groups is 1. The van der Waals surface area contributed by atoms with E-state index in [-0.39, 0.29) is 5.91 Å². The molecule has 0 saturated carbocycles. The zero-order valence-electron chi connectivity index (χ0n) is 18.9. The molecule has 0 aliphatic rings. The monoisotopic (exact) mass is 535 g/mol. The van der Waals surface area contributed by atoms with Gasteiger partial charge in [-0.2, -0.15) is 0 Å². The number of halogens is 2. The van der Waals surface area contributed by atoms with Crippen LogP contribution in [0.3, 0.4) is 0 Å². The Hall–Kier alpha value is -2.06. The van der Waals surface area contributed by atoms with Gasteiger partial charge >= 0.3 is 0 Å². The van der Waals surface area contributed by atoms with E-state index in [0.29, 0.717) is 33.1 Å². The van der Waals surface area contributed by atoms with Crippen LogP contribution in [-0.4, -0.2) is 28.5 Å². The lowest BCUT2D eigenvalue weighted by molar-refractivity contribution is 0.102. The number of anilines is 1. The summed E-state index contributed by atoms with van der Waals surface area (Å²) in [5, 5.41) is 12.0. The first-order chi connectivity index (χ1) is 16.6. The average molecular weight is 537 g/mol. The number of nitrogens with zero attached hydrogens (tertiary/aromatic N) is 2. The summed E-state index contributed by atoms with van der Waals surface area (Å²) in [4.78, 5) is 12.7. The van der Waals surface area contributed by atoms with E-state index in [1.807, 2.05) is 30.3 Å². The van der Waals surface area contributed by atoms with Gasteiger partial charge in [0.15, 0.2) is 10.1 Å². The number of aromatic nitrogens is 2. The van der Waals surface area contributed by atoms with Gasteiger partial charge in [-0.05, 0) is 24.1 Å². The van der Waals surface area contributed by atoms with Crippen molar-refractivity contribution in [3.05, 3.63) is 69.7 Å². The second-order valence-corrected chi connectivity index (χ2v) is 10.5. The number of unbranched alkanes of at least 4 members (excludes halogenated alkanes) is 4. The Bertz CT molecular complexity index is 1070. The Morgan fingerprint density at radius 2 is 1.82 bits per heavy atom. The van der Waals surface area contributed by atoms with Gasteiger partial charge in [0.1, 0.15) is 0 Å². The van der Waals surface area contributed by atoms with Crippen molar-refractivity contribution in [1.82, 2.24) is 10.2 Å². The summed E-state index contributed by atoms with van der Waals surface area (Å²) in [7, 11) is 0. The number of ether oxygens (including phenoxy) is 1. The molecule has 5 nitrogen and oxygen atoms in total. The molecule has 34 heavy (non-hydrogen) atoms. The fourth-order valence-electron chi connectivity index (χ4n) is 3.06. The number of thioether (sulfide) groups is 1. The normalized spacial score (nSPS) is 11.1. The first-order valence-corrected chi connectivity index (χ1v) is 13.7. The number of benzene rings is 2. The molecule has 0 fully saturated rings. The van der Waals surface area contributed by atoms with Crippen LogP contribution < -0.4 is 10.1 Å². The zero-order valence-corrected chi connectivity index (χ0v) is 22.1. The summed E-state index contributed by atoms with van der Waals surface area (Å²) < 4.78 is 6.53. The van der Waals surface area contributed by atoms with Crippen molar-refractivity contribution >= 4 is 63.4 Å². The lowest BCUT2D eigenvalue weighted by atomic mass is 10.2. The molecule has 1 amide bonds. The number of rotatable bonds is 13. The lowest BCUT2D eigenvalue weighted by Crippen LogP contribution is -2.12. The van der Waals surface area contributed by atoms with E-state index in [1.54, 1.807) is 23.9 Å². The fraction of sp³-hybridized carbons (Fsp3) is 0.320. The van der Waals surface area contributed by atoms with Crippen LogP contribution in [0.1, 0.15) is 54.9 Å². The molecule has 0 aliphatic carbocycles. The van der Waals surface area contributed by atoms with E-state index >= 15 is 0 Å². The zero-order chi connectivity index (χ0) is 24.2. The molecule has 0 bridgehead atoms. The number of carbonyl (C=O) groups excluding carboxylic acids is 1. The molecular weight excluding hydrogens is 509 g/mol. The van der Waals surface area contributed by atoms with Crippen molar-refractivity contribution in [2.24, 2.45) is 0 Å². The number of hydrogen-bond acceptors (Lipinski definition) is 6. The standard InChI is InChI=1S/C25H27Cl2N3O2S2/c1-2-3-4-5-9-14-32-22-20(26)16-19(17-21(22)27)23(31)28-24-29-30-25(34-24)33-15-10-13-18-11-7-6-8-12-18/h6-8,10-13,16-17H,2-5,9,14-15H2,1H3,(H,28,29,31)/b13-10+. The van der Waals surface area contributed by atoms with E-state index in [0.717, 1.165) is 28.5 Å². The predicted octanol–water partition coefficient (Wildman–Crippen LogP) is 8.25. The van der Waals surface area contributed by atoms with Gasteiger partial charge in [-0.25, -0.2) is 0 Å². The quantitative estimate of drug-likeness (QED) is 0.135. The van der Waals surface area contributed by atoms with Crippen LogP contribution in [0.15, 0.2) is 52.9 Å². The van der Waals surface area contributed by atoms with Gasteiger partial charge in [-0.3, -0.25) is 10.1 Å². The van der Waals surface area contributed by atoms with Gasteiger partial charge in [0, 0.05) is 11.3 Å². The number of amides is 1. The highest BCUT2D eigenvalue weighted by molar-refractivity contribution is 8.01. The molecule has 9 heteroatoms. The Labute approximate surface area is 218 Å². The summed E-state index contributed by atoms with van der Waals surface area (Å²) in [5.74, 6) is 0.808. The Morgan fingerprint density at radius 1 is 1.09 bits per heavy atom. The Kier molecular flexibility index (Phi) is 11.2. The first kappa shape index (κ1) is 26.5. The van der Waals surface area contributed by atoms with Crippen LogP contribution in [0.4, 0.5) is 5.13 Å². The molecule has 3 rings (SSSR count). The molecule has 2 aromatic carbocycles. The van der Waals surface area contributed by atoms with Crippen LogP contribution in [0.5, 0.6) is 5.75 Å². The van der Waals surface area contributed by atoms with Gasteiger partial charge < -0.3 is 4.74 Å². The molecule has 0 spiro atoms. The van der Waals surface area contributed by atoms with Crippen molar-refractivity contribution in [2.75, 3.05) is 17.7 Å². The summed E-state index contributed by atoms with van der Waals surface area (Å²) in [6, 6.07) is 13.2. The maximum absolute atomic E-state index is 12.7. The number of nitrogens with one attached hydrogen (secondary N) is 1. The molecule has 180 valence electrons. The third-order valence-corrected chi connectivity index (χ3v) is 7.28. The van der Waals surface area contributed by atoms with Gasteiger partial charge in [0.25, 0.3) is 5.91 Å². The second-order valence-electron chi connectivity index (χ2n) is 7.48. The van der Waals surface area contributed by atoms with E-state index in [1.165, 1.54) is 30.6 Å². The molecule has 0 unspecified atom stereocenters. The Balaban J connectivity index is 1.49. The minimum Gasteiger partial charge on any atom is -0.490 e. The van der Waals surface area contributed by atoms with Crippen molar-refractivity contribution in [2.45, 2.75) is 43.4 Å². The largest absolute Gasteiger partial charge is 0.490 e. The molecule has 1 aromatic heterocycles. The maximum Gasteiger partial charge on any atom is 0.257 e. The van der Waals surface area contributed by atoms with Crippen molar-refractivity contribution in [3.8, 4) is 5.75 Å². The third-order valence-electron chi connectivity index (χ3n) is 4.79. The van der Waals surface area contributed by atoms with E-state index < -0.39 is 0 Å². The van der Waals surface area contributed by atoms with Crippen LogP contribution in [0, 0.1) is 0 Å². The van der Waals surface area contributed by atoms with Gasteiger partial charge in [-0.1, -0.05) is 121 Å². The molecule has 0 saturated heterocycles. The summed E-state index contributed by atoms with van der Waals surface area (Å²) in [5.41, 5.74) is 1.48. The van der Waals surface area contributed by atoms with Gasteiger partial charge in [-0.15, -0.1) is 10.2 Å². The number of hydrogen-bond donors (Lipinski definition) is 1. The van der Waals surface area contributed by atoms with E-state index in [9.17, 15) is 4.79 Å². The molecule has 1 N–H and O–H groups in total. The summed E-state index contributed by atoms with van der Waals surface area (Å²) >= 11 is 15.5. The molecule has 3 aromatic rings. The minimum atomic E-state index is -0.355. The molecular formula is C25H27Cl2N3O2S2. The van der Waals surface area contributed by atoms with Crippen molar-refractivity contribution in [1.29, 1.82) is 0 Å². The summed E-state index contributed by atoms with van der Waals surface area (Å²) in [6.45, 7) is 2.73. The lowest BCUT2D eigenvalue weighted by Gasteiger charge is -2.11. The fourth-order valence-corrected chi connectivity index (χ4v) is 5.24. The van der Waals surface area contributed by atoms with Crippen LogP contribution in [0.2, 0.25) is 10.0 Å². The van der Waals surface area contributed by atoms with Gasteiger partial charge in [0.05, 0.1) is 16.7 Å². The Morgan fingerprint density at radius 3 is 2.56 bits per heavy atom. The summed E-state index contributed by atoms with van der Waals surface area (Å²) in [6.07, 6.45) is 9.79. The predicted molar refractivity (Wildman–Crippen MR) is 145 cm³/mol. The molecule has 0 atom stereocenters. The maximum atomic E-state index is 12.7. The van der Waals surface area contributed by atoms with Crippen molar-refractivity contribution in [3.63, 3.8) is 0 Å². The van der Waals surface area contributed by atoms with Gasteiger partial charge in [0.2, 0.25) is 5.13 Å². The topological polar surface area (TPSA) is 64.1 Å². The molecule has 0 aliphatic heterocycles. The third kappa shape index (κ3) is 8.62. The average Bonchev–Trinajstić information content (AvgIpc) is 3.28. The van der Waals surface area contributed by atoms with Crippen LogP contribution >= 0.6 is 46.3 Å². The molecule has 0 radical (unpaired) electrons. The second kappa shape index (κ2) is 14.4. The van der Waals surface area contributed by atoms with E-state index in [4.69, 9.17) is 27.9 Å². The van der Waals surface area contributed by atoms with Crippen LogP contribution in [-0.2, 0) is 0 Å². The highest BCUT2D eigenvalue weighted by Crippen LogP contribution is 2.35.